The van der Waals surface area contributed by atoms with Gasteiger partial charge >= 0.3 is 0 Å². The average molecular weight is 395 g/mol. The molecule has 1 amide bonds. The lowest BCUT2D eigenvalue weighted by atomic mass is 10.1. The molecule has 1 saturated heterocycles. The van der Waals surface area contributed by atoms with Gasteiger partial charge in [-0.3, -0.25) is 4.79 Å². The molecule has 0 radical (unpaired) electrons. The van der Waals surface area contributed by atoms with Gasteiger partial charge in [-0.15, -0.1) is 0 Å². The van der Waals surface area contributed by atoms with Crippen molar-refractivity contribution in [2.75, 3.05) is 18.5 Å². The maximum Gasteiger partial charge on any atom is 0.254 e. The maximum atomic E-state index is 13.5. The summed E-state index contributed by atoms with van der Waals surface area (Å²) < 4.78 is 19.4. The number of rotatable bonds is 2. The van der Waals surface area contributed by atoms with E-state index in [1.54, 1.807) is 17.0 Å². The Morgan fingerprint density at radius 2 is 2.32 bits per heavy atom. The van der Waals surface area contributed by atoms with Gasteiger partial charge < -0.3 is 9.64 Å². The summed E-state index contributed by atoms with van der Waals surface area (Å²) in [6.07, 6.45) is -0.0135. The van der Waals surface area contributed by atoms with E-state index in [0.717, 1.165) is 0 Å². The third kappa shape index (κ3) is 3.35. The number of hydrogen-bond donors (Lipinski definition) is 0. The second-order valence-corrected chi connectivity index (χ2v) is 6.05. The highest BCUT2D eigenvalue weighted by atomic mass is 79.9. The molecular formula is C13H14Br2FNO2. The summed E-state index contributed by atoms with van der Waals surface area (Å²) in [6.45, 7) is 2.95. The van der Waals surface area contributed by atoms with Crippen molar-refractivity contribution in [3.63, 3.8) is 0 Å². The van der Waals surface area contributed by atoms with Crippen LogP contribution in [0.25, 0.3) is 0 Å². The van der Waals surface area contributed by atoms with E-state index in [1.165, 1.54) is 6.07 Å². The fourth-order valence-corrected chi connectivity index (χ4v) is 2.63. The van der Waals surface area contributed by atoms with Crippen LogP contribution in [0.3, 0.4) is 0 Å². The molecule has 0 saturated carbocycles. The molecule has 0 bridgehead atoms. The van der Waals surface area contributed by atoms with Crippen LogP contribution in [0.2, 0.25) is 0 Å². The molecule has 0 spiro atoms. The van der Waals surface area contributed by atoms with Crippen LogP contribution in [0.5, 0.6) is 0 Å². The first-order chi connectivity index (χ1) is 9.02. The zero-order valence-corrected chi connectivity index (χ0v) is 13.6. The number of carbonyl (C=O) groups excluding carboxylic acids is 1. The van der Waals surface area contributed by atoms with E-state index in [1.807, 2.05) is 6.92 Å². The third-order valence-corrected chi connectivity index (χ3v) is 4.47. The Balaban J connectivity index is 2.19. The van der Waals surface area contributed by atoms with Gasteiger partial charge in [0.15, 0.2) is 0 Å². The summed E-state index contributed by atoms with van der Waals surface area (Å²) >= 11 is 6.44. The number of nitrogens with zero attached hydrogens (tertiary/aromatic N) is 1. The lowest BCUT2D eigenvalue weighted by molar-refractivity contribution is -0.0361. The predicted octanol–water partition coefficient (Wildman–Crippen LogP) is 3.21. The Kier molecular flexibility index (Phi) is 4.97. The molecule has 1 aliphatic rings. The van der Waals surface area contributed by atoms with E-state index in [9.17, 15) is 9.18 Å². The number of halogens is 3. The molecule has 3 nitrogen and oxygen atoms in total. The van der Waals surface area contributed by atoms with Crippen molar-refractivity contribution in [1.82, 2.24) is 4.90 Å². The molecule has 0 N–H and O–H groups in total. The molecule has 2 atom stereocenters. The second kappa shape index (κ2) is 6.33. The molecule has 1 aromatic rings. The number of ether oxygens (including phenoxy) is 1. The Labute approximate surface area is 128 Å². The molecule has 1 fully saturated rings. The summed E-state index contributed by atoms with van der Waals surface area (Å²) in [6, 6.07) is 4.43. The van der Waals surface area contributed by atoms with E-state index >= 15 is 0 Å². The van der Waals surface area contributed by atoms with E-state index in [0.29, 0.717) is 28.5 Å². The number of benzene rings is 1. The van der Waals surface area contributed by atoms with Crippen molar-refractivity contribution in [3.05, 3.63) is 34.1 Å². The highest BCUT2D eigenvalue weighted by Crippen LogP contribution is 2.20. The lowest BCUT2D eigenvalue weighted by Gasteiger charge is -2.37. The van der Waals surface area contributed by atoms with E-state index in [2.05, 4.69) is 31.9 Å². The highest BCUT2D eigenvalue weighted by Gasteiger charge is 2.29. The smallest absolute Gasteiger partial charge is 0.254 e. The van der Waals surface area contributed by atoms with Gasteiger partial charge in [-0.2, -0.15) is 0 Å². The zero-order valence-electron chi connectivity index (χ0n) is 10.4. The monoisotopic (exact) mass is 393 g/mol. The third-order valence-electron chi connectivity index (χ3n) is 3.11. The Morgan fingerprint density at radius 1 is 1.58 bits per heavy atom. The van der Waals surface area contributed by atoms with Crippen molar-refractivity contribution in [3.8, 4) is 0 Å². The highest BCUT2D eigenvalue weighted by molar-refractivity contribution is 9.10. The average Bonchev–Trinajstić information content (AvgIpc) is 2.41. The molecule has 1 aliphatic heterocycles. The van der Waals surface area contributed by atoms with Gasteiger partial charge in [0.25, 0.3) is 5.91 Å². The van der Waals surface area contributed by atoms with Gasteiger partial charge in [0, 0.05) is 17.4 Å². The largest absolute Gasteiger partial charge is 0.373 e. The minimum Gasteiger partial charge on any atom is -0.373 e. The van der Waals surface area contributed by atoms with Crippen LogP contribution >= 0.6 is 31.9 Å². The van der Waals surface area contributed by atoms with Crippen LogP contribution in [-0.4, -0.2) is 41.4 Å². The SMILES string of the molecule is CC1COC(CBr)CN1C(=O)c1ccc(Br)c(F)c1. The summed E-state index contributed by atoms with van der Waals surface area (Å²) in [7, 11) is 0. The Hall–Kier alpha value is -0.460. The van der Waals surface area contributed by atoms with Crippen LogP contribution in [0.1, 0.15) is 17.3 Å². The zero-order chi connectivity index (χ0) is 14.0. The van der Waals surface area contributed by atoms with Crippen LogP contribution in [-0.2, 0) is 4.74 Å². The maximum absolute atomic E-state index is 13.5. The second-order valence-electron chi connectivity index (χ2n) is 4.55. The summed E-state index contributed by atoms with van der Waals surface area (Å²) in [5.41, 5.74) is 0.364. The first kappa shape index (κ1) is 14.9. The molecular weight excluding hydrogens is 381 g/mol. The summed E-state index contributed by atoms with van der Waals surface area (Å²) in [5.74, 6) is -0.586. The van der Waals surface area contributed by atoms with Gasteiger partial charge in [0.05, 0.1) is 23.2 Å². The Morgan fingerprint density at radius 3 is 2.95 bits per heavy atom. The normalized spacial score (nSPS) is 23.5. The van der Waals surface area contributed by atoms with E-state index < -0.39 is 5.82 Å². The fourth-order valence-electron chi connectivity index (χ4n) is 1.99. The molecule has 6 heteroatoms. The molecule has 0 aliphatic carbocycles. The molecule has 104 valence electrons. The number of hydrogen-bond acceptors (Lipinski definition) is 2. The predicted molar refractivity (Wildman–Crippen MR) is 78.1 cm³/mol. The van der Waals surface area contributed by atoms with Crippen LogP contribution in [0.4, 0.5) is 4.39 Å². The summed E-state index contributed by atoms with van der Waals surface area (Å²) in [5, 5.41) is 0.679. The van der Waals surface area contributed by atoms with Gasteiger partial charge in [0.2, 0.25) is 0 Å². The Bertz CT molecular complexity index is 484. The van der Waals surface area contributed by atoms with Crippen molar-refractivity contribution in [2.24, 2.45) is 0 Å². The van der Waals surface area contributed by atoms with E-state index in [-0.39, 0.29) is 18.1 Å². The quantitative estimate of drug-likeness (QED) is 0.721. The topological polar surface area (TPSA) is 29.5 Å². The van der Waals surface area contributed by atoms with Crippen molar-refractivity contribution < 1.29 is 13.9 Å². The van der Waals surface area contributed by atoms with Gasteiger partial charge in [-0.1, -0.05) is 15.9 Å². The minimum atomic E-state index is -0.427. The number of alkyl halides is 1. The van der Waals surface area contributed by atoms with Gasteiger partial charge in [-0.05, 0) is 41.1 Å². The summed E-state index contributed by atoms with van der Waals surface area (Å²) in [4.78, 5) is 14.1. The first-order valence-corrected chi connectivity index (χ1v) is 7.88. The van der Waals surface area contributed by atoms with E-state index in [4.69, 9.17) is 4.74 Å². The van der Waals surface area contributed by atoms with Crippen LogP contribution < -0.4 is 0 Å². The van der Waals surface area contributed by atoms with Crippen LogP contribution in [0, 0.1) is 5.82 Å². The number of morpholine rings is 1. The van der Waals surface area contributed by atoms with Gasteiger partial charge in [-0.25, -0.2) is 4.39 Å². The van der Waals surface area contributed by atoms with Gasteiger partial charge in [0.1, 0.15) is 5.82 Å². The van der Waals surface area contributed by atoms with Crippen molar-refractivity contribution >= 4 is 37.8 Å². The molecule has 19 heavy (non-hydrogen) atoms. The molecule has 2 rings (SSSR count). The fraction of sp³-hybridized carbons (Fsp3) is 0.462. The molecule has 1 heterocycles. The molecule has 2 unspecified atom stereocenters. The first-order valence-electron chi connectivity index (χ1n) is 5.96. The van der Waals surface area contributed by atoms with Crippen LogP contribution in [0.15, 0.2) is 22.7 Å². The number of amides is 1. The molecule has 1 aromatic carbocycles. The van der Waals surface area contributed by atoms with Crippen molar-refractivity contribution in [1.29, 1.82) is 0 Å². The lowest BCUT2D eigenvalue weighted by Crippen LogP contribution is -2.51. The van der Waals surface area contributed by atoms with Crippen molar-refractivity contribution in [2.45, 2.75) is 19.1 Å². The minimum absolute atomic E-state index is 0.00509. The number of carbonyl (C=O) groups is 1. The standard InChI is InChI=1S/C13H14Br2FNO2/c1-8-7-19-10(5-14)6-17(8)13(18)9-2-3-11(15)12(16)4-9/h2-4,8,10H,5-7H2,1H3. The molecule has 0 aromatic heterocycles.